The van der Waals surface area contributed by atoms with Crippen molar-refractivity contribution in [3.8, 4) is 0 Å². The van der Waals surface area contributed by atoms with Crippen molar-refractivity contribution in [3.05, 3.63) is 29.8 Å². The lowest BCUT2D eigenvalue weighted by atomic mass is 10.2. The molecule has 78 valence electrons. The van der Waals surface area contributed by atoms with E-state index < -0.39 is 6.10 Å². The first kappa shape index (κ1) is 11.4. The molecule has 3 nitrogen and oxygen atoms in total. The third kappa shape index (κ3) is 4.00. The van der Waals surface area contributed by atoms with E-state index in [1.54, 1.807) is 11.8 Å². The molecule has 1 aromatic carbocycles. The Labute approximate surface area is 87.9 Å². The van der Waals surface area contributed by atoms with Crippen LogP contribution in [0.25, 0.3) is 0 Å². The summed E-state index contributed by atoms with van der Waals surface area (Å²) in [5.74, 6) is 1.39. The van der Waals surface area contributed by atoms with Gasteiger partial charge in [-0.3, -0.25) is 0 Å². The fraction of sp³-hybridized carbons (Fsp3) is 0.400. The third-order valence-corrected chi connectivity index (χ3v) is 2.93. The largest absolute Gasteiger partial charge is 0.399 e. The van der Waals surface area contributed by atoms with Crippen LogP contribution in [0.5, 0.6) is 0 Å². The van der Waals surface area contributed by atoms with E-state index in [0.717, 1.165) is 11.4 Å². The van der Waals surface area contributed by atoms with Crippen molar-refractivity contribution < 1.29 is 10.2 Å². The van der Waals surface area contributed by atoms with Crippen molar-refractivity contribution in [2.75, 3.05) is 18.1 Å². The number of rotatable bonds is 5. The predicted molar refractivity (Wildman–Crippen MR) is 60.1 cm³/mol. The van der Waals surface area contributed by atoms with Crippen molar-refractivity contribution in [2.24, 2.45) is 0 Å². The predicted octanol–water partition coefficient (Wildman–Crippen LogP) is 0.855. The summed E-state index contributed by atoms with van der Waals surface area (Å²) < 4.78 is 0. The van der Waals surface area contributed by atoms with Crippen molar-refractivity contribution in [2.45, 2.75) is 11.9 Å². The number of anilines is 1. The number of benzene rings is 1. The normalized spacial score (nSPS) is 12.7. The van der Waals surface area contributed by atoms with Crippen LogP contribution in [-0.4, -0.2) is 28.7 Å². The van der Waals surface area contributed by atoms with Crippen LogP contribution in [0.1, 0.15) is 5.56 Å². The van der Waals surface area contributed by atoms with Crippen molar-refractivity contribution >= 4 is 17.4 Å². The Balaban J connectivity index is 2.28. The highest BCUT2D eigenvalue weighted by molar-refractivity contribution is 7.98. The fourth-order valence-corrected chi connectivity index (χ4v) is 1.90. The van der Waals surface area contributed by atoms with Gasteiger partial charge in [0.25, 0.3) is 0 Å². The summed E-state index contributed by atoms with van der Waals surface area (Å²) in [5.41, 5.74) is 7.48. The molecule has 1 unspecified atom stereocenters. The van der Waals surface area contributed by atoms with Crippen molar-refractivity contribution in [3.63, 3.8) is 0 Å². The molecule has 4 heteroatoms. The molecule has 1 rings (SSSR count). The topological polar surface area (TPSA) is 66.5 Å². The minimum absolute atomic E-state index is 0.172. The highest BCUT2D eigenvalue weighted by Crippen LogP contribution is 2.14. The quantitative estimate of drug-likeness (QED) is 0.635. The molecule has 0 aliphatic heterocycles. The highest BCUT2D eigenvalue weighted by atomic mass is 32.2. The van der Waals surface area contributed by atoms with Gasteiger partial charge in [0.05, 0.1) is 12.7 Å². The maximum atomic E-state index is 9.09. The van der Waals surface area contributed by atoms with Gasteiger partial charge in [0.1, 0.15) is 0 Å². The number of nitrogen functional groups attached to an aromatic ring is 1. The second-order valence-electron chi connectivity index (χ2n) is 3.09. The van der Waals surface area contributed by atoms with Crippen LogP contribution in [0.15, 0.2) is 24.3 Å². The number of thioether (sulfide) groups is 1. The number of nitrogens with two attached hydrogens (primary N) is 1. The van der Waals surface area contributed by atoms with Gasteiger partial charge in [-0.2, -0.15) is 11.8 Å². The SMILES string of the molecule is Nc1ccc(CSCC(O)CO)cc1. The number of hydrogen-bond donors (Lipinski definition) is 3. The first-order valence-electron chi connectivity index (χ1n) is 4.43. The summed E-state index contributed by atoms with van der Waals surface area (Å²) in [6, 6.07) is 7.65. The van der Waals surface area contributed by atoms with Gasteiger partial charge in [-0.15, -0.1) is 0 Å². The Hall–Kier alpha value is -0.710. The molecule has 1 aromatic rings. The Morgan fingerprint density at radius 1 is 1.29 bits per heavy atom. The van der Waals surface area contributed by atoms with Gasteiger partial charge in [0.2, 0.25) is 0 Å². The zero-order chi connectivity index (χ0) is 10.4. The Morgan fingerprint density at radius 3 is 2.50 bits per heavy atom. The van der Waals surface area contributed by atoms with Crippen molar-refractivity contribution in [1.29, 1.82) is 0 Å². The average Bonchev–Trinajstić information content (AvgIpc) is 2.21. The molecule has 0 spiro atoms. The van der Waals surface area contributed by atoms with E-state index >= 15 is 0 Å². The molecule has 0 aliphatic carbocycles. The smallest absolute Gasteiger partial charge is 0.0861 e. The van der Waals surface area contributed by atoms with Crippen molar-refractivity contribution in [1.82, 2.24) is 0 Å². The van der Waals surface area contributed by atoms with E-state index in [1.807, 2.05) is 24.3 Å². The van der Waals surface area contributed by atoms with E-state index in [-0.39, 0.29) is 6.61 Å². The van der Waals surface area contributed by atoms with E-state index in [0.29, 0.717) is 5.75 Å². The van der Waals surface area contributed by atoms with Gasteiger partial charge in [-0.05, 0) is 17.7 Å². The molecule has 0 aliphatic rings. The summed E-state index contributed by atoms with van der Waals surface area (Å²) in [5, 5.41) is 17.7. The van der Waals surface area contributed by atoms with E-state index in [9.17, 15) is 0 Å². The van der Waals surface area contributed by atoms with Gasteiger partial charge in [-0.25, -0.2) is 0 Å². The zero-order valence-corrected chi connectivity index (χ0v) is 8.70. The average molecular weight is 213 g/mol. The van der Waals surface area contributed by atoms with Crippen LogP contribution in [0.3, 0.4) is 0 Å². The molecule has 0 saturated carbocycles. The molecule has 0 aromatic heterocycles. The molecule has 0 bridgehead atoms. The number of hydrogen-bond acceptors (Lipinski definition) is 4. The Morgan fingerprint density at radius 2 is 1.93 bits per heavy atom. The minimum atomic E-state index is -0.617. The van der Waals surface area contributed by atoms with Crippen LogP contribution in [-0.2, 0) is 5.75 Å². The maximum absolute atomic E-state index is 9.09. The number of aliphatic hydroxyl groups is 2. The minimum Gasteiger partial charge on any atom is -0.399 e. The second-order valence-corrected chi connectivity index (χ2v) is 4.12. The van der Waals surface area contributed by atoms with Crippen LogP contribution in [0.4, 0.5) is 5.69 Å². The lowest BCUT2D eigenvalue weighted by molar-refractivity contribution is 0.113. The van der Waals surface area contributed by atoms with E-state index in [2.05, 4.69) is 0 Å². The maximum Gasteiger partial charge on any atom is 0.0861 e. The van der Waals surface area contributed by atoms with Gasteiger partial charge in [-0.1, -0.05) is 12.1 Å². The summed E-state index contributed by atoms with van der Waals surface area (Å²) >= 11 is 1.59. The third-order valence-electron chi connectivity index (χ3n) is 1.77. The zero-order valence-electron chi connectivity index (χ0n) is 7.89. The first-order chi connectivity index (χ1) is 6.72. The monoisotopic (exact) mass is 213 g/mol. The molecule has 1 atom stereocenters. The summed E-state index contributed by atoms with van der Waals surface area (Å²) in [6.45, 7) is -0.172. The van der Waals surface area contributed by atoms with Crippen LogP contribution >= 0.6 is 11.8 Å². The van der Waals surface area contributed by atoms with Crippen LogP contribution in [0, 0.1) is 0 Å². The molecule has 4 N–H and O–H groups in total. The van der Waals surface area contributed by atoms with Gasteiger partial charge in [0, 0.05) is 17.2 Å². The Kier molecular flexibility index (Phi) is 4.79. The molecule has 0 fully saturated rings. The molecule has 0 saturated heterocycles. The summed E-state index contributed by atoms with van der Waals surface area (Å²) in [6.07, 6.45) is -0.617. The molecule has 0 amide bonds. The summed E-state index contributed by atoms with van der Waals surface area (Å²) in [7, 11) is 0. The van der Waals surface area contributed by atoms with Gasteiger partial charge in [0.15, 0.2) is 0 Å². The standard InChI is InChI=1S/C10H15NO2S/c11-9-3-1-8(2-4-9)6-14-7-10(13)5-12/h1-4,10,12-13H,5-7,11H2. The fourth-order valence-electron chi connectivity index (χ4n) is 0.979. The van der Waals surface area contributed by atoms with Gasteiger partial charge >= 0.3 is 0 Å². The van der Waals surface area contributed by atoms with Crippen LogP contribution in [0.2, 0.25) is 0 Å². The van der Waals surface area contributed by atoms with E-state index in [1.165, 1.54) is 5.56 Å². The molecule has 14 heavy (non-hydrogen) atoms. The van der Waals surface area contributed by atoms with Crippen LogP contribution < -0.4 is 5.73 Å². The molecule has 0 heterocycles. The summed E-state index contributed by atoms with van der Waals surface area (Å²) in [4.78, 5) is 0. The lowest BCUT2D eigenvalue weighted by Crippen LogP contribution is -2.14. The first-order valence-corrected chi connectivity index (χ1v) is 5.59. The second kappa shape index (κ2) is 5.90. The van der Waals surface area contributed by atoms with E-state index in [4.69, 9.17) is 15.9 Å². The number of aliphatic hydroxyl groups excluding tert-OH is 2. The molecular weight excluding hydrogens is 198 g/mol. The molecular formula is C10H15NO2S. The molecule has 0 radical (unpaired) electrons. The lowest BCUT2D eigenvalue weighted by Gasteiger charge is -2.06. The highest BCUT2D eigenvalue weighted by Gasteiger charge is 2.01. The van der Waals surface area contributed by atoms with Gasteiger partial charge < -0.3 is 15.9 Å². The Bertz CT molecular complexity index is 263.